The topological polar surface area (TPSA) is 70.1 Å². The fourth-order valence-corrected chi connectivity index (χ4v) is 4.95. The molecule has 1 atom stereocenters. The molecular weight excluding hydrogens is 351 g/mol. The van der Waals surface area contributed by atoms with Crippen molar-refractivity contribution in [2.45, 2.75) is 61.7 Å². The predicted molar refractivity (Wildman–Crippen MR) is 105 cm³/mol. The quantitative estimate of drug-likeness (QED) is 0.824. The number of aromatic amines is 1. The van der Waals surface area contributed by atoms with Gasteiger partial charge in [-0.2, -0.15) is 11.8 Å². The molecule has 2 N–H and O–H groups in total. The summed E-state index contributed by atoms with van der Waals surface area (Å²) in [7, 11) is 0. The van der Waals surface area contributed by atoms with Crippen LogP contribution in [0.3, 0.4) is 0 Å². The molecule has 2 fully saturated rings. The van der Waals surface area contributed by atoms with Gasteiger partial charge in [-0.1, -0.05) is 12.8 Å². The van der Waals surface area contributed by atoms with Crippen LogP contribution in [0, 0.1) is 0 Å². The molecule has 0 radical (unpaired) electrons. The average Bonchev–Trinajstić information content (AvgIpc) is 3.15. The molecule has 0 aromatic carbocycles. The van der Waals surface area contributed by atoms with E-state index < -0.39 is 6.17 Å². The van der Waals surface area contributed by atoms with Crippen LogP contribution in [0.1, 0.15) is 44.3 Å². The van der Waals surface area contributed by atoms with E-state index in [1.807, 2.05) is 11.8 Å². The summed E-state index contributed by atoms with van der Waals surface area (Å²) in [4.78, 5) is 24.4. The van der Waals surface area contributed by atoms with Crippen molar-refractivity contribution in [3.8, 4) is 0 Å². The highest BCUT2D eigenvalue weighted by Crippen LogP contribution is 2.23. The first-order valence-corrected chi connectivity index (χ1v) is 10.6. The largest absolute Gasteiger partial charge is 0.317 e. The lowest BCUT2D eigenvalue weighted by molar-refractivity contribution is 0.508. The highest BCUT2D eigenvalue weighted by Gasteiger charge is 2.20. The lowest BCUT2D eigenvalue weighted by Gasteiger charge is -2.21. The maximum absolute atomic E-state index is 14.4. The van der Waals surface area contributed by atoms with E-state index in [0.29, 0.717) is 33.1 Å². The molecule has 4 rings (SSSR count). The van der Waals surface area contributed by atoms with E-state index in [1.54, 1.807) is 6.08 Å². The normalized spacial score (nSPS) is 25.7. The van der Waals surface area contributed by atoms with Crippen molar-refractivity contribution < 1.29 is 4.39 Å². The summed E-state index contributed by atoms with van der Waals surface area (Å²) < 4.78 is 14.4. The smallest absolute Gasteiger partial charge is 0.258 e. The fraction of sp³-hybridized carbons (Fsp3) is 0.632. The molecule has 1 unspecified atom stereocenters. The van der Waals surface area contributed by atoms with Crippen LogP contribution in [0.25, 0.3) is 12.2 Å². The molecule has 2 heterocycles. The molecule has 7 heteroatoms. The molecule has 1 saturated heterocycles. The number of aromatic nitrogens is 2. The number of piperidine rings is 1. The van der Waals surface area contributed by atoms with Gasteiger partial charge in [-0.05, 0) is 50.9 Å². The molecule has 3 aliphatic rings. The summed E-state index contributed by atoms with van der Waals surface area (Å²) in [5, 5.41) is 4.84. The number of hydrogen-bond acceptors (Lipinski definition) is 5. The molecular formula is C19H25FN4OS. The molecule has 5 nitrogen and oxygen atoms in total. The second-order valence-electron chi connectivity index (χ2n) is 7.28. The van der Waals surface area contributed by atoms with E-state index in [-0.39, 0.29) is 11.6 Å². The minimum absolute atomic E-state index is 0.214. The lowest BCUT2D eigenvalue weighted by Crippen LogP contribution is -2.48. The van der Waals surface area contributed by atoms with Gasteiger partial charge in [-0.3, -0.25) is 9.79 Å². The van der Waals surface area contributed by atoms with E-state index >= 15 is 0 Å². The molecule has 26 heavy (non-hydrogen) atoms. The van der Waals surface area contributed by atoms with Gasteiger partial charge >= 0.3 is 0 Å². The zero-order chi connectivity index (χ0) is 17.9. The number of nitrogens with one attached hydrogen (secondary N) is 2. The third-order valence-electron chi connectivity index (χ3n) is 5.31. The predicted octanol–water partition coefficient (Wildman–Crippen LogP) is 1.05. The third-order valence-corrected chi connectivity index (χ3v) is 6.70. The summed E-state index contributed by atoms with van der Waals surface area (Å²) in [6.45, 7) is 2.10. The standard InChI is InChI=1S/C19H25FN4OS/c20-15-9-14-16(10-17(15)22-12-3-1-2-4-12)23-18(24-19(14)25)11-26-13-5-7-21-8-6-13/h9-10,12-13,15,21H,1-8,11H2,(H,23,24,25). The molecule has 0 bridgehead atoms. The number of hydrogen-bond donors (Lipinski definition) is 2. The van der Waals surface area contributed by atoms with Gasteiger partial charge in [0.1, 0.15) is 5.82 Å². The molecule has 1 aliphatic heterocycles. The monoisotopic (exact) mass is 376 g/mol. The molecule has 1 saturated carbocycles. The number of fused-ring (bicyclic) bond motifs is 1. The maximum Gasteiger partial charge on any atom is 0.258 e. The van der Waals surface area contributed by atoms with Gasteiger partial charge in [0.2, 0.25) is 0 Å². The van der Waals surface area contributed by atoms with Gasteiger partial charge in [0.25, 0.3) is 5.56 Å². The minimum Gasteiger partial charge on any atom is -0.317 e. The van der Waals surface area contributed by atoms with Gasteiger partial charge in [0, 0.05) is 5.25 Å². The molecule has 1 aromatic heterocycles. The summed E-state index contributed by atoms with van der Waals surface area (Å²) in [5.74, 6) is 1.34. The van der Waals surface area contributed by atoms with Crippen LogP contribution in [0.5, 0.6) is 0 Å². The summed E-state index contributed by atoms with van der Waals surface area (Å²) >= 11 is 1.84. The summed E-state index contributed by atoms with van der Waals surface area (Å²) in [5.41, 5.74) is 0.161. The van der Waals surface area contributed by atoms with Gasteiger partial charge in [0.15, 0.2) is 6.17 Å². The number of thioether (sulfide) groups is 1. The number of H-pyrrole nitrogens is 1. The highest BCUT2D eigenvalue weighted by molar-refractivity contribution is 7.99. The van der Waals surface area contributed by atoms with Gasteiger partial charge in [-0.15, -0.1) is 0 Å². The summed E-state index contributed by atoms with van der Waals surface area (Å²) in [6, 6.07) is 0.214. The molecule has 0 spiro atoms. The van der Waals surface area contributed by atoms with E-state index in [0.717, 1.165) is 51.6 Å². The van der Waals surface area contributed by atoms with Gasteiger partial charge in [0.05, 0.1) is 28.1 Å². The number of rotatable bonds is 4. The Bertz CT molecular complexity index is 853. The molecule has 0 amide bonds. The zero-order valence-electron chi connectivity index (χ0n) is 14.8. The molecule has 140 valence electrons. The second-order valence-corrected chi connectivity index (χ2v) is 8.57. The Morgan fingerprint density at radius 2 is 2.00 bits per heavy atom. The number of halogens is 1. The first-order valence-electron chi connectivity index (χ1n) is 9.56. The van der Waals surface area contributed by atoms with Crippen molar-refractivity contribution in [2.75, 3.05) is 13.1 Å². The van der Waals surface area contributed by atoms with Gasteiger partial charge < -0.3 is 10.3 Å². The van der Waals surface area contributed by atoms with Crippen LogP contribution < -0.4 is 21.4 Å². The fourth-order valence-electron chi connectivity index (χ4n) is 3.85. The Labute approximate surface area is 156 Å². The van der Waals surface area contributed by atoms with Crippen molar-refractivity contribution in [1.29, 1.82) is 0 Å². The number of aliphatic imine (C=N–C) groups is 1. The third kappa shape index (κ3) is 4.09. The van der Waals surface area contributed by atoms with Crippen LogP contribution >= 0.6 is 11.8 Å². The first-order chi connectivity index (χ1) is 12.7. The van der Waals surface area contributed by atoms with Crippen molar-refractivity contribution in [3.05, 3.63) is 26.7 Å². The van der Waals surface area contributed by atoms with Crippen LogP contribution in [-0.2, 0) is 5.75 Å². The van der Waals surface area contributed by atoms with Crippen molar-refractivity contribution in [3.63, 3.8) is 0 Å². The van der Waals surface area contributed by atoms with E-state index in [2.05, 4.69) is 20.3 Å². The highest BCUT2D eigenvalue weighted by atomic mass is 32.2. The Kier molecular flexibility index (Phi) is 5.55. The number of nitrogens with zero attached hydrogens (tertiary/aromatic N) is 2. The molecule has 1 aromatic rings. The SMILES string of the molecule is O=c1[nH]c(CSC2CCNCC2)nc2c1=CC(F)C(=NC1CCCC1)C=2. The van der Waals surface area contributed by atoms with Crippen LogP contribution in [0.2, 0.25) is 0 Å². The Hall–Kier alpha value is -1.47. The van der Waals surface area contributed by atoms with Crippen LogP contribution in [0.4, 0.5) is 4.39 Å². The first kappa shape index (κ1) is 17.9. The Morgan fingerprint density at radius 3 is 2.77 bits per heavy atom. The zero-order valence-corrected chi connectivity index (χ0v) is 15.7. The minimum atomic E-state index is -1.32. The van der Waals surface area contributed by atoms with Crippen molar-refractivity contribution in [1.82, 2.24) is 15.3 Å². The number of alkyl halides is 1. The Balaban J connectivity index is 1.58. The van der Waals surface area contributed by atoms with E-state index in [4.69, 9.17) is 0 Å². The lowest BCUT2D eigenvalue weighted by atomic mass is 10.1. The van der Waals surface area contributed by atoms with Crippen molar-refractivity contribution >= 4 is 29.6 Å². The Morgan fingerprint density at radius 1 is 1.23 bits per heavy atom. The van der Waals surface area contributed by atoms with Gasteiger partial charge in [-0.25, -0.2) is 9.37 Å². The van der Waals surface area contributed by atoms with Crippen LogP contribution in [-0.4, -0.2) is 46.2 Å². The molecule has 2 aliphatic carbocycles. The van der Waals surface area contributed by atoms with E-state index in [9.17, 15) is 9.18 Å². The van der Waals surface area contributed by atoms with E-state index in [1.165, 1.54) is 6.08 Å². The summed E-state index contributed by atoms with van der Waals surface area (Å²) in [6.07, 6.45) is 8.37. The van der Waals surface area contributed by atoms with Crippen molar-refractivity contribution in [2.24, 2.45) is 4.99 Å². The maximum atomic E-state index is 14.4. The average molecular weight is 377 g/mol. The van der Waals surface area contributed by atoms with Crippen LogP contribution in [0.15, 0.2) is 9.79 Å². The second kappa shape index (κ2) is 8.05.